The molecule has 1 heterocycles. The smallest absolute Gasteiger partial charge is 0.140 e. The maximum absolute atomic E-state index is 9.45. The maximum atomic E-state index is 9.45. The van der Waals surface area contributed by atoms with Gasteiger partial charge in [0.2, 0.25) is 0 Å². The largest absolute Gasteiger partial charge is 0.483 e. The minimum absolute atomic E-state index is 0.0743. The molecule has 2 aliphatic rings. The third-order valence-corrected chi connectivity index (χ3v) is 5.67. The van der Waals surface area contributed by atoms with E-state index in [1.54, 1.807) is 6.07 Å². The van der Waals surface area contributed by atoms with Crippen LogP contribution in [0.4, 0.5) is 0 Å². The quantitative estimate of drug-likeness (QED) is 0.861. The topological polar surface area (TPSA) is 62.3 Å². The van der Waals surface area contributed by atoms with Gasteiger partial charge in [-0.2, -0.15) is 5.26 Å². The van der Waals surface area contributed by atoms with Crippen molar-refractivity contribution in [2.24, 2.45) is 5.73 Å². The highest BCUT2D eigenvalue weighted by Crippen LogP contribution is 2.40. The number of hydrogen-bond donors (Lipinski definition) is 1. The Morgan fingerprint density at radius 1 is 1.24 bits per heavy atom. The van der Waals surface area contributed by atoms with E-state index in [1.807, 2.05) is 12.1 Å². The molecule has 0 spiro atoms. The lowest BCUT2D eigenvalue weighted by atomic mass is 10.1. The molecule has 0 aromatic heterocycles. The first-order chi connectivity index (χ1) is 12.2. The second-order valence-corrected chi connectivity index (χ2v) is 7.72. The first kappa shape index (κ1) is 16.6. The van der Waals surface area contributed by atoms with E-state index in [4.69, 9.17) is 10.5 Å². The Morgan fingerprint density at radius 3 is 2.84 bits per heavy atom. The number of rotatable bonds is 3. The average molecular weight is 398 g/mol. The number of fused-ring (bicyclic) bond motifs is 1. The van der Waals surface area contributed by atoms with Crippen LogP contribution in [0.25, 0.3) is 0 Å². The van der Waals surface area contributed by atoms with Crippen molar-refractivity contribution in [1.82, 2.24) is 4.90 Å². The predicted octanol–water partition coefficient (Wildman–Crippen LogP) is 3.40. The van der Waals surface area contributed by atoms with Crippen molar-refractivity contribution in [3.63, 3.8) is 0 Å². The summed E-state index contributed by atoms with van der Waals surface area (Å²) in [7, 11) is 0. The second-order valence-electron chi connectivity index (χ2n) is 6.80. The number of nitriles is 1. The molecule has 0 amide bonds. The highest BCUT2D eigenvalue weighted by atomic mass is 79.9. The average Bonchev–Trinajstić information content (AvgIpc) is 3.20. The van der Waals surface area contributed by atoms with E-state index in [0.717, 1.165) is 30.4 Å². The Balaban J connectivity index is 1.68. The van der Waals surface area contributed by atoms with Crippen molar-refractivity contribution < 1.29 is 4.74 Å². The minimum Gasteiger partial charge on any atom is -0.483 e. The van der Waals surface area contributed by atoms with Gasteiger partial charge in [0.1, 0.15) is 17.9 Å². The summed E-state index contributed by atoms with van der Waals surface area (Å²) < 4.78 is 7.29. The molecular formula is C20H20BrN3O. The monoisotopic (exact) mass is 397 g/mol. The number of likely N-dealkylation sites (tertiary alicyclic amines) is 1. The molecule has 0 radical (unpaired) electrons. The molecule has 2 N–H and O–H groups in total. The van der Waals surface area contributed by atoms with Crippen LogP contribution in [0.3, 0.4) is 0 Å². The molecule has 1 aliphatic carbocycles. The zero-order valence-corrected chi connectivity index (χ0v) is 15.4. The van der Waals surface area contributed by atoms with Crippen LogP contribution in [0.2, 0.25) is 0 Å². The lowest BCUT2D eigenvalue weighted by molar-refractivity contribution is 0.0930. The third kappa shape index (κ3) is 3.18. The van der Waals surface area contributed by atoms with Gasteiger partial charge in [0.05, 0.1) is 11.6 Å². The number of hydrogen-bond acceptors (Lipinski definition) is 4. The van der Waals surface area contributed by atoms with Crippen molar-refractivity contribution in [1.29, 1.82) is 5.26 Å². The lowest BCUT2D eigenvalue weighted by Gasteiger charge is -2.30. The van der Waals surface area contributed by atoms with Crippen LogP contribution in [-0.2, 0) is 6.42 Å². The predicted molar refractivity (Wildman–Crippen MR) is 100 cm³/mol. The molecule has 4 nitrogen and oxygen atoms in total. The number of halogens is 1. The van der Waals surface area contributed by atoms with Gasteiger partial charge in [-0.15, -0.1) is 0 Å². The molecule has 128 valence electrons. The Kier molecular flexibility index (Phi) is 4.51. The summed E-state index contributed by atoms with van der Waals surface area (Å²) in [6.45, 7) is 1.91. The Bertz CT molecular complexity index is 832. The van der Waals surface area contributed by atoms with Crippen LogP contribution in [0.1, 0.15) is 29.2 Å². The lowest BCUT2D eigenvalue weighted by Crippen LogP contribution is -2.40. The van der Waals surface area contributed by atoms with E-state index in [-0.39, 0.29) is 18.2 Å². The summed E-state index contributed by atoms with van der Waals surface area (Å²) in [4.78, 5) is 2.44. The molecule has 1 saturated heterocycles. The summed E-state index contributed by atoms with van der Waals surface area (Å²) in [5, 5.41) is 9.45. The van der Waals surface area contributed by atoms with Crippen LogP contribution in [0.15, 0.2) is 46.9 Å². The van der Waals surface area contributed by atoms with Crippen molar-refractivity contribution in [2.75, 3.05) is 13.1 Å². The molecule has 1 aliphatic heterocycles. The number of benzene rings is 2. The van der Waals surface area contributed by atoms with Gasteiger partial charge in [-0.3, -0.25) is 4.90 Å². The van der Waals surface area contributed by atoms with Crippen LogP contribution in [-0.4, -0.2) is 30.1 Å². The molecule has 0 saturated carbocycles. The first-order valence-electron chi connectivity index (χ1n) is 8.59. The van der Waals surface area contributed by atoms with E-state index >= 15 is 0 Å². The van der Waals surface area contributed by atoms with E-state index in [1.165, 1.54) is 11.1 Å². The molecule has 1 fully saturated rings. The van der Waals surface area contributed by atoms with Gasteiger partial charge in [-0.05, 0) is 42.2 Å². The van der Waals surface area contributed by atoms with Crippen molar-refractivity contribution in [3.8, 4) is 11.8 Å². The van der Waals surface area contributed by atoms with Gasteiger partial charge in [-0.25, -0.2) is 0 Å². The molecule has 2 aromatic carbocycles. The van der Waals surface area contributed by atoms with Crippen molar-refractivity contribution in [3.05, 3.63) is 63.6 Å². The molecule has 2 aromatic rings. The van der Waals surface area contributed by atoms with E-state index < -0.39 is 0 Å². The van der Waals surface area contributed by atoms with Crippen LogP contribution < -0.4 is 10.5 Å². The summed E-state index contributed by atoms with van der Waals surface area (Å²) in [5.41, 5.74) is 9.23. The Labute approximate surface area is 156 Å². The third-order valence-electron chi connectivity index (χ3n) is 5.18. The number of ether oxygens (including phenoxy) is 1. The van der Waals surface area contributed by atoms with Crippen molar-refractivity contribution >= 4 is 15.9 Å². The van der Waals surface area contributed by atoms with Gasteiger partial charge in [0.15, 0.2) is 0 Å². The fourth-order valence-electron chi connectivity index (χ4n) is 3.95. The summed E-state index contributed by atoms with van der Waals surface area (Å²) in [6, 6.07) is 16.8. The van der Waals surface area contributed by atoms with Gasteiger partial charge in [0, 0.05) is 23.6 Å². The Hall–Kier alpha value is -1.87. The van der Waals surface area contributed by atoms with Gasteiger partial charge in [-0.1, -0.05) is 40.2 Å². The number of nitrogens with zero attached hydrogens (tertiary/aromatic N) is 2. The highest BCUT2D eigenvalue weighted by Gasteiger charge is 2.40. The number of nitrogens with two attached hydrogens (primary N) is 1. The zero-order valence-electron chi connectivity index (χ0n) is 13.9. The zero-order chi connectivity index (χ0) is 17.4. The van der Waals surface area contributed by atoms with Crippen LogP contribution in [0.5, 0.6) is 5.75 Å². The molecule has 4 rings (SSSR count). The molecular weight excluding hydrogens is 378 g/mol. The highest BCUT2D eigenvalue weighted by molar-refractivity contribution is 9.10. The summed E-state index contributed by atoms with van der Waals surface area (Å²) in [6.07, 6.45) is 1.92. The van der Waals surface area contributed by atoms with Crippen LogP contribution in [0, 0.1) is 11.3 Å². The van der Waals surface area contributed by atoms with Gasteiger partial charge in [0.25, 0.3) is 0 Å². The second kappa shape index (κ2) is 6.80. The standard InChI is InChI=1S/C20H20BrN3O/c21-15-5-6-19(14(9-15)11-22)25-20-17-4-2-1-3-13(17)10-18(20)24-8-7-16(23)12-24/h1-6,9,16,18,20H,7-8,10,12,23H2/t16-,18?,20?/m0/s1. The Morgan fingerprint density at radius 2 is 2.08 bits per heavy atom. The maximum Gasteiger partial charge on any atom is 0.140 e. The minimum atomic E-state index is -0.0743. The summed E-state index contributed by atoms with van der Waals surface area (Å²) in [5.74, 6) is 0.640. The van der Waals surface area contributed by atoms with Gasteiger partial charge < -0.3 is 10.5 Å². The van der Waals surface area contributed by atoms with E-state index in [9.17, 15) is 5.26 Å². The van der Waals surface area contributed by atoms with E-state index in [0.29, 0.717) is 11.3 Å². The molecule has 2 unspecified atom stereocenters. The normalized spacial score (nSPS) is 25.6. The van der Waals surface area contributed by atoms with Crippen molar-refractivity contribution in [2.45, 2.75) is 31.0 Å². The molecule has 5 heteroatoms. The fourth-order valence-corrected chi connectivity index (χ4v) is 4.31. The SMILES string of the molecule is N#Cc1cc(Br)ccc1OC1c2ccccc2CC1N1CC[C@H](N)C1. The van der Waals surface area contributed by atoms with Crippen LogP contribution >= 0.6 is 15.9 Å². The molecule has 0 bridgehead atoms. The van der Waals surface area contributed by atoms with Gasteiger partial charge >= 0.3 is 0 Å². The first-order valence-corrected chi connectivity index (χ1v) is 9.39. The summed E-state index contributed by atoms with van der Waals surface area (Å²) >= 11 is 3.42. The fraction of sp³-hybridized carbons (Fsp3) is 0.350. The molecule has 3 atom stereocenters. The van der Waals surface area contributed by atoms with E-state index in [2.05, 4.69) is 51.2 Å². The molecule has 25 heavy (non-hydrogen) atoms.